The molecule has 7 nitrogen and oxygen atoms in total. The van der Waals surface area contributed by atoms with Gasteiger partial charge >= 0.3 is 5.97 Å². The molecule has 0 saturated carbocycles. The van der Waals surface area contributed by atoms with E-state index in [4.69, 9.17) is 9.84 Å². The second-order valence-corrected chi connectivity index (χ2v) is 4.21. The first-order chi connectivity index (χ1) is 8.51. The molecule has 1 fully saturated rings. The first-order valence-electron chi connectivity index (χ1n) is 5.37. The minimum atomic E-state index is -0.957. The lowest BCUT2D eigenvalue weighted by molar-refractivity contribution is -0.385. The molecule has 1 saturated heterocycles. The predicted molar refractivity (Wildman–Crippen MR) is 61.6 cm³/mol. The minimum Gasteiger partial charge on any atom is -0.484 e. The quantitative estimate of drug-likeness (QED) is 0.593. The number of nitrogens with zero attached hydrogens (tertiary/aromatic N) is 1. The molecule has 1 aliphatic rings. The Balaban J connectivity index is 2.14. The van der Waals surface area contributed by atoms with Crippen LogP contribution in [0.1, 0.15) is 6.42 Å². The van der Waals surface area contributed by atoms with Crippen LogP contribution in [0.2, 0.25) is 0 Å². The van der Waals surface area contributed by atoms with Crippen LogP contribution in [-0.2, 0) is 4.79 Å². The first kappa shape index (κ1) is 12.3. The fourth-order valence-electron chi connectivity index (χ4n) is 1.82. The summed E-state index contributed by atoms with van der Waals surface area (Å²) in [6.45, 7) is 0.837. The van der Waals surface area contributed by atoms with Gasteiger partial charge in [0.1, 0.15) is 11.4 Å². The van der Waals surface area contributed by atoms with Gasteiger partial charge in [-0.05, 0) is 6.07 Å². The zero-order valence-corrected chi connectivity index (χ0v) is 9.46. The van der Waals surface area contributed by atoms with E-state index in [-0.39, 0.29) is 12.1 Å². The fraction of sp³-hybridized carbons (Fsp3) is 0.364. The summed E-state index contributed by atoms with van der Waals surface area (Å²) < 4.78 is 5.59. The molecule has 0 amide bonds. The molecule has 0 bridgehead atoms. The topological polar surface area (TPSA) is 102 Å². The van der Waals surface area contributed by atoms with Crippen molar-refractivity contribution in [2.45, 2.75) is 12.0 Å². The van der Waals surface area contributed by atoms with Crippen LogP contribution in [0.15, 0.2) is 24.3 Å². The van der Waals surface area contributed by atoms with Crippen molar-refractivity contribution in [2.24, 2.45) is 0 Å². The average molecular weight is 252 g/mol. The SMILES string of the molecule is O=C(O)CC1(Oc2cccc([N+](=O)[O-])c2)CNC1. The van der Waals surface area contributed by atoms with Crippen LogP contribution in [0.3, 0.4) is 0 Å². The third kappa shape index (κ3) is 2.57. The maximum Gasteiger partial charge on any atom is 0.307 e. The molecule has 0 spiro atoms. The molecule has 0 radical (unpaired) electrons. The van der Waals surface area contributed by atoms with Gasteiger partial charge in [-0.3, -0.25) is 14.9 Å². The number of carbonyl (C=O) groups is 1. The minimum absolute atomic E-state index is 0.0785. The van der Waals surface area contributed by atoms with E-state index in [9.17, 15) is 14.9 Å². The predicted octanol–water partition coefficient (Wildman–Crippen LogP) is 0.790. The van der Waals surface area contributed by atoms with Crippen LogP contribution >= 0.6 is 0 Å². The Kier molecular flexibility index (Phi) is 3.15. The van der Waals surface area contributed by atoms with E-state index in [0.29, 0.717) is 18.8 Å². The van der Waals surface area contributed by atoms with E-state index in [2.05, 4.69) is 5.32 Å². The molecule has 2 rings (SSSR count). The number of carboxylic acids is 1. The Morgan fingerprint density at radius 2 is 2.28 bits per heavy atom. The zero-order valence-electron chi connectivity index (χ0n) is 9.46. The average Bonchev–Trinajstić information content (AvgIpc) is 2.25. The van der Waals surface area contributed by atoms with Crippen molar-refractivity contribution in [3.8, 4) is 5.75 Å². The van der Waals surface area contributed by atoms with Crippen LogP contribution in [0.4, 0.5) is 5.69 Å². The number of nitro benzene ring substituents is 1. The van der Waals surface area contributed by atoms with Gasteiger partial charge in [-0.15, -0.1) is 0 Å². The first-order valence-corrected chi connectivity index (χ1v) is 5.37. The summed E-state index contributed by atoms with van der Waals surface area (Å²) in [5.41, 5.74) is -0.883. The molecule has 18 heavy (non-hydrogen) atoms. The summed E-state index contributed by atoms with van der Waals surface area (Å²) in [6, 6.07) is 5.74. The number of nitro groups is 1. The molecule has 1 aromatic carbocycles. The maximum atomic E-state index is 10.8. The molecule has 0 atom stereocenters. The van der Waals surface area contributed by atoms with E-state index < -0.39 is 16.5 Å². The number of carboxylic acid groups (broad SMARTS) is 1. The molecular weight excluding hydrogens is 240 g/mol. The van der Waals surface area contributed by atoms with Gasteiger partial charge in [-0.1, -0.05) is 6.07 Å². The number of aliphatic carboxylic acids is 1. The number of nitrogens with one attached hydrogen (secondary N) is 1. The Hall–Kier alpha value is -2.15. The van der Waals surface area contributed by atoms with Gasteiger partial charge < -0.3 is 15.2 Å². The number of rotatable bonds is 5. The highest BCUT2D eigenvalue weighted by Crippen LogP contribution is 2.27. The van der Waals surface area contributed by atoms with Crippen molar-refractivity contribution in [1.29, 1.82) is 0 Å². The lowest BCUT2D eigenvalue weighted by atomic mass is 9.92. The molecular formula is C11H12N2O5. The fourth-order valence-corrected chi connectivity index (χ4v) is 1.82. The molecule has 2 N–H and O–H groups in total. The van der Waals surface area contributed by atoms with E-state index in [1.165, 1.54) is 18.2 Å². The Bertz CT molecular complexity index is 484. The summed E-state index contributed by atoms with van der Waals surface area (Å²) in [5, 5.41) is 22.4. The van der Waals surface area contributed by atoms with Crippen molar-refractivity contribution < 1.29 is 19.6 Å². The smallest absolute Gasteiger partial charge is 0.307 e. The van der Waals surface area contributed by atoms with Crippen LogP contribution in [0.25, 0.3) is 0 Å². The number of benzene rings is 1. The molecule has 1 aliphatic heterocycles. The monoisotopic (exact) mass is 252 g/mol. The third-order valence-electron chi connectivity index (χ3n) is 2.73. The summed E-state index contributed by atoms with van der Waals surface area (Å²) in [6.07, 6.45) is -0.136. The molecule has 1 aromatic rings. The number of non-ortho nitro benzene ring substituents is 1. The summed E-state index contributed by atoms with van der Waals surface area (Å²) >= 11 is 0. The van der Waals surface area contributed by atoms with E-state index >= 15 is 0 Å². The second kappa shape index (κ2) is 4.61. The van der Waals surface area contributed by atoms with Gasteiger partial charge in [0.2, 0.25) is 0 Å². The largest absolute Gasteiger partial charge is 0.484 e. The van der Waals surface area contributed by atoms with Gasteiger partial charge in [0.25, 0.3) is 5.69 Å². The zero-order chi connectivity index (χ0) is 13.2. The van der Waals surface area contributed by atoms with Crippen molar-refractivity contribution in [1.82, 2.24) is 5.32 Å². The normalized spacial score (nSPS) is 16.7. The number of hydrogen-bond acceptors (Lipinski definition) is 5. The lowest BCUT2D eigenvalue weighted by Gasteiger charge is -2.41. The molecule has 96 valence electrons. The molecule has 1 heterocycles. The molecule has 7 heteroatoms. The highest BCUT2D eigenvalue weighted by Gasteiger charge is 2.41. The van der Waals surface area contributed by atoms with Crippen molar-refractivity contribution in [2.75, 3.05) is 13.1 Å². The van der Waals surface area contributed by atoms with Crippen LogP contribution in [0.5, 0.6) is 5.75 Å². The second-order valence-electron chi connectivity index (χ2n) is 4.21. The van der Waals surface area contributed by atoms with Gasteiger partial charge in [0, 0.05) is 19.2 Å². The van der Waals surface area contributed by atoms with Gasteiger partial charge in [0.05, 0.1) is 17.4 Å². The Labute approximate surface area is 103 Å². The number of hydrogen-bond donors (Lipinski definition) is 2. The van der Waals surface area contributed by atoms with Crippen molar-refractivity contribution in [3.63, 3.8) is 0 Å². The summed E-state index contributed by atoms with van der Waals surface area (Å²) in [5.74, 6) is -0.645. The third-order valence-corrected chi connectivity index (χ3v) is 2.73. The van der Waals surface area contributed by atoms with Crippen LogP contribution in [0, 0.1) is 10.1 Å². The highest BCUT2D eigenvalue weighted by atomic mass is 16.6. The van der Waals surface area contributed by atoms with E-state index in [1.807, 2.05) is 0 Å². The van der Waals surface area contributed by atoms with Gasteiger partial charge in [0.15, 0.2) is 0 Å². The highest BCUT2D eigenvalue weighted by molar-refractivity contribution is 5.68. The molecule has 0 unspecified atom stereocenters. The van der Waals surface area contributed by atoms with Crippen molar-refractivity contribution in [3.05, 3.63) is 34.4 Å². The molecule has 0 aliphatic carbocycles. The molecule has 0 aromatic heterocycles. The maximum absolute atomic E-state index is 10.8. The van der Waals surface area contributed by atoms with Crippen LogP contribution in [-0.4, -0.2) is 34.7 Å². The Morgan fingerprint density at radius 1 is 1.56 bits per heavy atom. The van der Waals surface area contributed by atoms with E-state index in [0.717, 1.165) is 0 Å². The standard InChI is InChI=1S/C11H12N2O5/c14-10(15)5-11(6-12-7-11)18-9-3-1-2-8(4-9)13(16)17/h1-4,12H,5-7H2,(H,14,15). The summed E-state index contributed by atoms with van der Waals surface area (Å²) in [4.78, 5) is 20.9. The van der Waals surface area contributed by atoms with Gasteiger partial charge in [-0.25, -0.2) is 0 Å². The van der Waals surface area contributed by atoms with Gasteiger partial charge in [-0.2, -0.15) is 0 Å². The Morgan fingerprint density at radius 3 is 2.78 bits per heavy atom. The lowest BCUT2D eigenvalue weighted by Crippen LogP contribution is -2.64. The van der Waals surface area contributed by atoms with Crippen LogP contribution < -0.4 is 10.1 Å². The van der Waals surface area contributed by atoms with Crippen molar-refractivity contribution >= 4 is 11.7 Å². The number of ether oxygens (including phenoxy) is 1. The van der Waals surface area contributed by atoms with E-state index in [1.54, 1.807) is 6.07 Å². The summed E-state index contributed by atoms with van der Waals surface area (Å²) in [7, 11) is 0.